The van der Waals surface area contributed by atoms with Gasteiger partial charge in [-0.2, -0.15) is 0 Å². The minimum atomic E-state index is -1.32. The summed E-state index contributed by atoms with van der Waals surface area (Å²) >= 11 is 4.52. The van der Waals surface area contributed by atoms with E-state index in [0.29, 0.717) is 17.2 Å². The molecule has 0 aromatic heterocycles. The summed E-state index contributed by atoms with van der Waals surface area (Å²) in [5.41, 5.74) is 2.14. The number of thiol groups is 1. The molecule has 4 aliphatic carbocycles. The fraction of sp³-hybridized carbons (Fsp3) is 0.619. The molecule has 0 aromatic carbocycles. The Kier molecular flexibility index (Phi) is 3.58. The summed E-state index contributed by atoms with van der Waals surface area (Å²) < 4.78 is 14.3. The number of ketones is 2. The van der Waals surface area contributed by atoms with Crippen molar-refractivity contribution in [1.82, 2.24) is 0 Å². The molecule has 0 unspecified atom stereocenters. The third kappa shape index (κ3) is 1.98. The van der Waals surface area contributed by atoms with Gasteiger partial charge in [0.15, 0.2) is 17.7 Å². The summed E-state index contributed by atoms with van der Waals surface area (Å²) in [5.74, 6) is 0.359. The predicted octanol–water partition coefficient (Wildman–Crippen LogP) is 4.63. The predicted molar refractivity (Wildman–Crippen MR) is 99.0 cm³/mol. The molecule has 0 heterocycles. The monoisotopic (exact) mass is 360 g/mol. The lowest BCUT2D eigenvalue weighted by Gasteiger charge is -2.57. The Morgan fingerprint density at radius 2 is 1.96 bits per heavy atom. The molecule has 6 atom stereocenters. The van der Waals surface area contributed by atoms with Crippen LogP contribution in [-0.4, -0.2) is 17.7 Å². The molecule has 3 saturated carbocycles. The largest absolute Gasteiger partial charge is 0.296 e. The molecule has 4 heteroatoms. The number of alkyl halides is 1. The van der Waals surface area contributed by atoms with Crippen LogP contribution in [0.1, 0.15) is 46.5 Å². The highest BCUT2D eigenvalue weighted by Gasteiger charge is 2.62. The van der Waals surface area contributed by atoms with Crippen molar-refractivity contribution in [1.29, 1.82) is 0 Å². The Labute approximate surface area is 154 Å². The van der Waals surface area contributed by atoms with Gasteiger partial charge < -0.3 is 0 Å². The first-order valence-corrected chi connectivity index (χ1v) is 9.60. The summed E-state index contributed by atoms with van der Waals surface area (Å²) in [5, 5.41) is 0. The van der Waals surface area contributed by atoms with Crippen molar-refractivity contribution in [2.24, 2.45) is 28.6 Å². The molecule has 0 aliphatic heterocycles. The maximum atomic E-state index is 14.3. The Morgan fingerprint density at radius 1 is 1.28 bits per heavy atom. The summed E-state index contributed by atoms with van der Waals surface area (Å²) in [6.07, 6.45) is 3.07. The molecular weight excluding hydrogens is 335 g/mol. The second kappa shape index (κ2) is 5.18. The molecule has 25 heavy (non-hydrogen) atoms. The minimum Gasteiger partial charge on any atom is -0.296 e. The molecule has 4 rings (SSSR count). The van der Waals surface area contributed by atoms with Crippen LogP contribution in [0.5, 0.6) is 0 Å². The SMILES string of the molecule is C=C1C[C@@H]2[C@H](CC[C@]3(C)C(=O)[C@@H](F)C[C@@H]23)[C@@]2(C)C(C)=CC(=O)C(S)=C12. The molecule has 0 amide bonds. The molecule has 0 N–H and O–H groups in total. The number of hydrogen-bond donors (Lipinski definition) is 1. The van der Waals surface area contributed by atoms with Crippen molar-refractivity contribution in [3.63, 3.8) is 0 Å². The number of hydrogen-bond acceptors (Lipinski definition) is 3. The minimum absolute atomic E-state index is 0.0478. The van der Waals surface area contributed by atoms with Crippen LogP contribution in [-0.2, 0) is 9.59 Å². The Hall–Kier alpha value is -1.16. The Morgan fingerprint density at radius 3 is 2.64 bits per heavy atom. The number of rotatable bonds is 0. The van der Waals surface area contributed by atoms with Gasteiger partial charge >= 0.3 is 0 Å². The van der Waals surface area contributed by atoms with E-state index in [0.717, 1.165) is 36.0 Å². The fourth-order valence-electron chi connectivity index (χ4n) is 6.42. The second-order valence-corrected chi connectivity index (χ2v) is 9.27. The van der Waals surface area contributed by atoms with E-state index in [-0.39, 0.29) is 28.8 Å². The third-order valence-corrected chi connectivity index (χ3v) is 8.31. The van der Waals surface area contributed by atoms with Gasteiger partial charge in [-0.15, -0.1) is 12.6 Å². The standard InChI is InChI=1S/C21H25FO2S/c1-10-7-12-13(5-6-20(3)14(12)9-15(22)19(20)24)21(4)11(2)8-16(23)18(25)17(10)21/h8,12-15,25H,1,5-7,9H2,2-4H3/t12-,13+,14+,15+,20+,21-/m1/s1. The van der Waals surface area contributed by atoms with Crippen LogP contribution in [0.3, 0.4) is 0 Å². The summed E-state index contributed by atoms with van der Waals surface area (Å²) in [6, 6.07) is 0. The topological polar surface area (TPSA) is 34.1 Å². The molecule has 0 aromatic rings. The average molecular weight is 360 g/mol. The van der Waals surface area contributed by atoms with Gasteiger partial charge in [0.05, 0.1) is 4.91 Å². The first-order chi connectivity index (χ1) is 11.6. The van der Waals surface area contributed by atoms with Crippen LogP contribution in [0.25, 0.3) is 0 Å². The zero-order chi connectivity index (χ0) is 18.3. The maximum Gasteiger partial charge on any atom is 0.192 e. The first-order valence-electron chi connectivity index (χ1n) is 9.15. The molecule has 0 radical (unpaired) electrons. The van der Waals surface area contributed by atoms with E-state index in [9.17, 15) is 14.0 Å². The van der Waals surface area contributed by atoms with E-state index in [1.54, 1.807) is 6.08 Å². The van der Waals surface area contributed by atoms with Gasteiger partial charge in [-0.05, 0) is 67.6 Å². The van der Waals surface area contributed by atoms with E-state index in [2.05, 4.69) is 26.1 Å². The lowest BCUT2D eigenvalue weighted by atomic mass is 9.46. The zero-order valence-electron chi connectivity index (χ0n) is 15.1. The molecule has 0 spiro atoms. The van der Waals surface area contributed by atoms with Crippen molar-refractivity contribution >= 4 is 24.2 Å². The number of allylic oxidation sites excluding steroid dienone is 5. The van der Waals surface area contributed by atoms with Crippen molar-refractivity contribution in [3.8, 4) is 0 Å². The van der Waals surface area contributed by atoms with Crippen LogP contribution in [0.15, 0.2) is 34.3 Å². The fourth-order valence-corrected chi connectivity index (χ4v) is 6.87. The second-order valence-electron chi connectivity index (χ2n) is 8.83. The number of carbonyl (C=O) groups is 2. The highest BCUT2D eigenvalue weighted by atomic mass is 32.1. The van der Waals surface area contributed by atoms with Crippen LogP contribution >= 0.6 is 12.6 Å². The van der Waals surface area contributed by atoms with Gasteiger partial charge in [0.1, 0.15) is 0 Å². The summed E-state index contributed by atoms with van der Waals surface area (Å²) in [6.45, 7) is 10.4. The Balaban J connectivity index is 1.84. The van der Waals surface area contributed by atoms with Gasteiger partial charge in [-0.1, -0.05) is 26.0 Å². The van der Waals surface area contributed by atoms with Gasteiger partial charge in [-0.3, -0.25) is 9.59 Å². The van der Waals surface area contributed by atoms with Crippen LogP contribution in [0.4, 0.5) is 4.39 Å². The van der Waals surface area contributed by atoms with E-state index in [1.807, 2.05) is 13.8 Å². The molecule has 2 nitrogen and oxygen atoms in total. The number of halogens is 1. The van der Waals surface area contributed by atoms with Crippen LogP contribution < -0.4 is 0 Å². The number of Topliss-reactive ketones (excluding diaryl/α,β-unsaturated/α-hetero) is 1. The molecular formula is C21H25FO2S. The normalized spacial score (nSPS) is 46.6. The lowest BCUT2D eigenvalue weighted by molar-refractivity contribution is -0.134. The van der Waals surface area contributed by atoms with E-state index < -0.39 is 11.6 Å². The van der Waals surface area contributed by atoms with Gasteiger partial charge in [-0.25, -0.2) is 4.39 Å². The summed E-state index contributed by atoms with van der Waals surface area (Å²) in [7, 11) is 0. The van der Waals surface area contributed by atoms with Gasteiger partial charge in [0.25, 0.3) is 0 Å². The zero-order valence-corrected chi connectivity index (χ0v) is 16.0. The lowest BCUT2D eigenvalue weighted by Crippen LogP contribution is -2.51. The van der Waals surface area contributed by atoms with Crippen molar-refractivity contribution in [2.45, 2.75) is 52.6 Å². The molecule has 3 fully saturated rings. The quantitative estimate of drug-likeness (QED) is 0.639. The van der Waals surface area contributed by atoms with Crippen molar-refractivity contribution in [2.75, 3.05) is 0 Å². The van der Waals surface area contributed by atoms with Crippen LogP contribution in [0.2, 0.25) is 0 Å². The van der Waals surface area contributed by atoms with Crippen molar-refractivity contribution < 1.29 is 14.0 Å². The third-order valence-electron chi connectivity index (χ3n) is 7.87. The summed E-state index contributed by atoms with van der Waals surface area (Å²) in [4.78, 5) is 25.3. The number of carbonyl (C=O) groups excluding carboxylic acids is 2. The Bertz CT molecular complexity index is 779. The van der Waals surface area contributed by atoms with E-state index in [4.69, 9.17) is 0 Å². The maximum absolute atomic E-state index is 14.3. The molecule has 0 bridgehead atoms. The smallest absolute Gasteiger partial charge is 0.192 e. The number of fused-ring (bicyclic) bond motifs is 5. The molecule has 0 saturated heterocycles. The van der Waals surface area contributed by atoms with Gasteiger partial charge in [0.2, 0.25) is 0 Å². The van der Waals surface area contributed by atoms with E-state index >= 15 is 0 Å². The molecule has 4 aliphatic rings. The first kappa shape index (κ1) is 17.3. The van der Waals surface area contributed by atoms with Crippen LogP contribution in [0, 0.1) is 28.6 Å². The van der Waals surface area contributed by atoms with E-state index in [1.165, 1.54) is 0 Å². The van der Waals surface area contributed by atoms with Gasteiger partial charge in [0, 0.05) is 10.8 Å². The average Bonchev–Trinajstić information content (AvgIpc) is 2.77. The molecule has 134 valence electrons. The highest BCUT2D eigenvalue weighted by molar-refractivity contribution is 7.85. The van der Waals surface area contributed by atoms with Crippen molar-refractivity contribution in [3.05, 3.63) is 34.3 Å². The highest BCUT2D eigenvalue weighted by Crippen LogP contribution is 2.66.